The lowest BCUT2D eigenvalue weighted by Crippen LogP contribution is -2.04. The second-order valence-corrected chi connectivity index (χ2v) is 6.63. The summed E-state index contributed by atoms with van der Waals surface area (Å²) in [5.74, 6) is 0.269. The molecule has 2 rings (SSSR count). The van der Waals surface area contributed by atoms with Gasteiger partial charge < -0.3 is 10.1 Å². The van der Waals surface area contributed by atoms with Crippen molar-refractivity contribution in [2.75, 3.05) is 0 Å². The number of rotatable bonds is 5. The molecule has 0 aliphatic rings. The molecular weight excluding hydrogens is 414 g/mol. The van der Waals surface area contributed by atoms with Crippen molar-refractivity contribution in [1.29, 1.82) is 5.41 Å². The Hall–Kier alpha value is -1.53. The predicted octanol–water partition coefficient (Wildman–Crippen LogP) is 6.43. The second-order valence-electron chi connectivity index (χ2n) is 5.33. The molecule has 0 atom stereocenters. The van der Waals surface area contributed by atoms with Crippen molar-refractivity contribution in [1.82, 2.24) is 4.98 Å². The number of aromatic nitrogens is 1. The van der Waals surface area contributed by atoms with Gasteiger partial charge >= 0.3 is 6.61 Å². The third-order valence-corrected chi connectivity index (χ3v) is 3.94. The van der Waals surface area contributed by atoms with Crippen molar-refractivity contribution in [2.24, 2.45) is 0 Å². The molecule has 136 valence electrons. The van der Waals surface area contributed by atoms with E-state index in [1.54, 1.807) is 37.4 Å². The molecule has 0 fully saturated rings. The van der Waals surface area contributed by atoms with E-state index in [0.29, 0.717) is 10.9 Å². The molecule has 1 heterocycles. The van der Waals surface area contributed by atoms with Gasteiger partial charge in [0.25, 0.3) is 0 Å². The molecule has 0 radical (unpaired) electrons. The van der Waals surface area contributed by atoms with Crippen LogP contribution in [0.25, 0.3) is 0 Å². The van der Waals surface area contributed by atoms with Crippen molar-refractivity contribution in [3.05, 3.63) is 56.8 Å². The van der Waals surface area contributed by atoms with E-state index in [9.17, 15) is 8.78 Å². The molecule has 3 nitrogen and oxygen atoms in total. The lowest BCUT2D eigenvalue weighted by molar-refractivity contribution is -0.0504. The fourth-order valence-corrected chi connectivity index (χ4v) is 2.76. The molecule has 7 heteroatoms. The molecule has 2 aromatic rings. The van der Waals surface area contributed by atoms with Crippen LogP contribution in [0.2, 0.25) is 5.15 Å². The molecule has 0 saturated carbocycles. The maximum atomic E-state index is 12.0. The maximum Gasteiger partial charge on any atom is 0.387 e. The zero-order valence-corrected chi connectivity index (χ0v) is 16.6. The Morgan fingerprint density at radius 3 is 2.56 bits per heavy atom. The quantitative estimate of drug-likeness (QED) is 0.436. The first-order valence-corrected chi connectivity index (χ1v) is 8.82. The summed E-state index contributed by atoms with van der Waals surface area (Å²) in [4.78, 5) is 3.89. The van der Waals surface area contributed by atoms with Crippen LogP contribution in [0.15, 0.2) is 34.9 Å². The van der Waals surface area contributed by atoms with E-state index >= 15 is 0 Å². The zero-order chi connectivity index (χ0) is 19.0. The highest BCUT2D eigenvalue weighted by atomic mass is 79.9. The van der Waals surface area contributed by atoms with Gasteiger partial charge in [-0.3, -0.25) is 0 Å². The summed E-state index contributed by atoms with van der Waals surface area (Å²) in [6.45, 7) is 2.89. The molecule has 0 aliphatic heterocycles. The molecule has 0 aliphatic carbocycles. The minimum Gasteiger partial charge on any atom is -0.435 e. The summed E-state index contributed by atoms with van der Waals surface area (Å²) >= 11 is 8.93. The Morgan fingerprint density at radius 1 is 1.36 bits per heavy atom. The molecule has 0 bridgehead atoms. The molecule has 0 saturated heterocycles. The predicted molar refractivity (Wildman–Crippen MR) is 101 cm³/mol. The van der Waals surface area contributed by atoms with Crippen LogP contribution in [0, 0.1) is 12.3 Å². The summed E-state index contributed by atoms with van der Waals surface area (Å²) in [5.41, 5.74) is 3.18. The summed E-state index contributed by atoms with van der Waals surface area (Å²) in [5, 5.41) is 7.84. The van der Waals surface area contributed by atoms with Gasteiger partial charge in [-0.05, 0) is 55.7 Å². The summed E-state index contributed by atoms with van der Waals surface area (Å²) < 4.78 is 29.3. The van der Waals surface area contributed by atoms with Crippen LogP contribution >= 0.6 is 27.5 Å². The maximum absolute atomic E-state index is 12.0. The smallest absolute Gasteiger partial charge is 0.387 e. The number of pyridine rings is 1. The molecule has 0 spiro atoms. The normalized spacial score (nSPS) is 10.2. The Morgan fingerprint density at radius 2 is 2.04 bits per heavy atom. The van der Waals surface area contributed by atoms with E-state index in [1.807, 2.05) is 13.8 Å². The summed E-state index contributed by atoms with van der Waals surface area (Å²) in [6, 6.07) is 6.81. The van der Waals surface area contributed by atoms with Crippen LogP contribution in [0.3, 0.4) is 0 Å². The van der Waals surface area contributed by atoms with Crippen molar-refractivity contribution >= 4 is 33.2 Å². The standard InChI is InChI=1S/C10H11BrF2O.C8H9ClN2/c1-2-3-7-6-8(11)4-5-9(7)14-10(12)13;1-5-3-8(9)11-4-7(5)6(2)10/h4-6,10H,2-3H2,1H3;3-4,10H,1-2H3. The average molecular weight is 434 g/mol. The lowest BCUT2D eigenvalue weighted by Gasteiger charge is -2.10. The Kier molecular flexibility index (Phi) is 9.00. The molecule has 0 amide bonds. The number of nitrogens with zero attached hydrogens (tertiary/aromatic N) is 1. The van der Waals surface area contributed by atoms with E-state index in [-0.39, 0.29) is 5.75 Å². The van der Waals surface area contributed by atoms with Crippen molar-refractivity contribution in [3.8, 4) is 5.75 Å². The first-order valence-electron chi connectivity index (χ1n) is 7.65. The number of hydrogen-bond acceptors (Lipinski definition) is 3. The highest BCUT2D eigenvalue weighted by molar-refractivity contribution is 9.10. The van der Waals surface area contributed by atoms with Crippen LogP contribution in [0.4, 0.5) is 8.78 Å². The minimum atomic E-state index is -2.76. The highest BCUT2D eigenvalue weighted by Crippen LogP contribution is 2.25. The monoisotopic (exact) mass is 432 g/mol. The number of aryl methyl sites for hydroxylation is 2. The van der Waals surface area contributed by atoms with Crippen LogP contribution in [0.5, 0.6) is 5.75 Å². The van der Waals surface area contributed by atoms with Crippen LogP contribution in [-0.4, -0.2) is 17.3 Å². The minimum absolute atomic E-state index is 0.269. The molecular formula is C18H20BrClF2N2O. The summed E-state index contributed by atoms with van der Waals surface area (Å²) in [7, 11) is 0. The van der Waals surface area contributed by atoms with E-state index < -0.39 is 6.61 Å². The van der Waals surface area contributed by atoms with Gasteiger partial charge in [0.2, 0.25) is 0 Å². The Labute approximate surface area is 160 Å². The number of ether oxygens (including phenoxy) is 1. The van der Waals surface area contributed by atoms with E-state index in [2.05, 4.69) is 25.7 Å². The van der Waals surface area contributed by atoms with E-state index in [4.69, 9.17) is 17.0 Å². The van der Waals surface area contributed by atoms with Gasteiger partial charge in [0, 0.05) is 21.9 Å². The molecule has 1 N–H and O–H groups in total. The van der Waals surface area contributed by atoms with Crippen LogP contribution in [0.1, 0.15) is 37.0 Å². The van der Waals surface area contributed by atoms with Crippen molar-refractivity contribution < 1.29 is 13.5 Å². The summed E-state index contributed by atoms with van der Waals surface area (Å²) in [6.07, 6.45) is 3.26. The Bertz CT molecular complexity index is 726. The first-order chi connectivity index (χ1) is 11.7. The van der Waals surface area contributed by atoms with Gasteiger partial charge in [-0.2, -0.15) is 8.78 Å². The van der Waals surface area contributed by atoms with E-state index in [1.165, 1.54) is 0 Å². The van der Waals surface area contributed by atoms with Crippen LogP contribution < -0.4 is 4.74 Å². The zero-order valence-electron chi connectivity index (χ0n) is 14.2. The molecule has 1 aromatic carbocycles. The SMILES string of the molecule is CC(=N)c1cnc(Cl)cc1C.CCCc1cc(Br)ccc1OC(F)F. The van der Waals surface area contributed by atoms with Gasteiger partial charge in [0.15, 0.2) is 0 Å². The van der Waals surface area contributed by atoms with Crippen LogP contribution in [-0.2, 0) is 6.42 Å². The van der Waals surface area contributed by atoms with Gasteiger partial charge in [0.1, 0.15) is 10.9 Å². The topological polar surface area (TPSA) is 46.0 Å². The number of alkyl halides is 2. The highest BCUT2D eigenvalue weighted by Gasteiger charge is 2.09. The number of nitrogens with one attached hydrogen (secondary N) is 1. The van der Waals surface area contributed by atoms with Crippen molar-refractivity contribution in [3.63, 3.8) is 0 Å². The lowest BCUT2D eigenvalue weighted by atomic mass is 10.1. The fraction of sp³-hybridized carbons (Fsp3) is 0.333. The van der Waals surface area contributed by atoms with Gasteiger partial charge in [-0.1, -0.05) is 40.9 Å². The molecule has 0 unspecified atom stereocenters. The number of hydrogen-bond donors (Lipinski definition) is 1. The second kappa shape index (κ2) is 10.5. The largest absolute Gasteiger partial charge is 0.435 e. The first kappa shape index (κ1) is 21.5. The van der Waals surface area contributed by atoms with Gasteiger partial charge in [-0.15, -0.1) is 0 Å². The molecule has 1 aromatic heterocycles. The Balaban J connectivity index is 0.000000257. The third-order valence-electron chi connectivity index (χ3n) is 3.24. The number of halogens is 4. The van der Waals surface area contributed by atoms with E-state index in [0.717, 1.165) is 34.0 Å². The van der Waals surface area contributed by atoms with Gasteiger partial charge in [-0.25, -0.2) is 4.98 Å². The van der Waals surface area contributed by atoms with Crippen molar-refractivity contribution in [2.45, 2.75) is 40.2 Å². The fourth-order valence-electron chi connectivity index (χ4n) is 2.14. The third kappa shape index (κ3) is 7.48. The average Bonchev–Trinajstić information content (AvgIpc) is 2.50. The molecule has 25 heavy (non-hydrogen) atoms. The van der Waals surface area contributed by atoms with Gasteiger partial charge in [0.05, 0.1) is 0 Å². The number of benzene rings is 1.